The van der Waals surface area contributed by atoms with E-state index >= 15 is 0 Å². The third-order valence-corrected chi connectivity index (χ3v) is 4.56. The van der Waals surface area contributed by atoms with Crippen molar-refractivity contribution in [2.75, 3.05) is 17.2 Å². The summed E-state index contributed by atoms with van der Waals surface area (Å²) in [5.41, 5.74) is 0.915. The van der Waals surface area contributed by atoms with E-state index in [2.05, 4.69) is 15.4 Å². The minimum atomic E-state index is -5.09. The number of ether oxygens (including phenoxy) is 1. The van der Waals surface area contributed by atoms with E-state index in [1.54, 1.807) is 5.32 Å². The molecule has 0 aliphatic rings. The molecule has 0 saturated heterocycles. The first kappa shape index (κ1) is 30.5. The zero-order chi connectivity index (χ0) is 27.0. The summed E-state index contributed by atoms with van der Waals surface area (Å²) in [4.78, 5) is 11.1. The Kier molecular flexibility index (Phi) is 10.8. The molecular formula is C20H24ClF3N2O7S2. The molecule has 0 heterocycles. The van der Waals surface area contributed by atoms with Crippen molar-refractivity contribution in [1.82, 2.24) is 5.32 Å². The Morgan fingerprint density at radius 3 is 2.11 bits per heavy atom. The van der Waals surface area contributed by atoms with Crippen molar-refractivity contribution in [2.24, 2.45) is 0 Å². The molecule has 3 N–H and O–H groups in total. The number of sulfonamides is 1. The summed E-state index contributed by atoms with van der Waals surface area (Å²) >= 11 is 0. The molecule has 0 saturated carbocycles. The third kappa shape index (κ3) is 12.6. The number of aliphatic hydroxyl groups is 1. The standard InChI is InChI=1S/C19H21F3N2O5S.CH3ClO2S/c1-12(23-18(26)19(20,21)22)17(25)14-8-9-16(15(10-14)24-30(2,27)28)29-11-13-6-4-3-5-7-13;1-5(2,3)4/h3-10,12,17,24-25H,11H2,1-2H3,(H,23,26);1H3/t12-,17-;/m0./s1. The van der Waals surface area contributed by atoms with Crippen LogP contribution in [0.3, 0.4) is 0 Å². The van der Waals surface area contributed by atoms with Gasteiger partial charge in [0.05, 0.1) is 30.3 Å². The summed E-state index contributed by atoms with van der Waals surface area (Å²) in [6, 6.07) is 11.8. The third-order valence-electron chi connectivity index (χ3n) is 3.97. The molecule has 1 amide bonds. The van der Waals surface area contributed by atoms with Crippen molar-refractivity contribution in [3.05, 3.63) is 59.7 Å². The lowest BCUT2D eigenvalue weighted by atomic mass is 10.0. The number of rotatable bonds is 8. The molecule has 0 aliphatic carbocycles. The second-order valence-corrected chi connectivity index (χ2v) is 12.1. The Hall–Kier alpha value is -2.55. The Labute approximate surface area is 205 Å². The Morgan fingerprint density at radius 1 is 1.09 bits per heavy atom. The number of halogens is 4. The van der Waals surface area contributed by atoms with Gasteiger partial charge in [0.15, 0.2) is 0 Å². The van der Waals surface area contributed by atoms with Crippen molar-refractivity contribution in [2.45, 2.75) is 31.9 Å². The van der Waals surface area contributed by atoms with Crippen LogP contribution in [0.25, 0.3) is 0 Å². The summed E-state index contributed by atoms with van der Waals surface area (Å²) in [6.07, 6.45) is -4.77. The van der Waals surface area contributed by atoms with Gasteiger partial charge in [-0.05, 0) is 30.2 Å². The lowest BCUT2D eigenvalue weighted by molar-refractivity contribution is -0.175. The molecule has 0 spiro atoms. The number of carbonyl (C=O) groups excluding carboxylic acids is 1. The number of benzene rings is 2. The highest BCUT2D eigenvalue weighted by Crippen LogP contribution is 2.31. The maximum atomic E-state index is 12.4. The van der Waals surface area contributed by atoms with Crippen LogP contribution < -0.4 is 14.8 Å². The van der Waals surface area contributed by atoms with E-state index < -0.39 is 43.3 Å². The molecule has 0 aliphatic heterocycles. The van der Waals surface area contributed by atoms with Crippen LogP contribution in [0.1, 0.15) is 24.2 Å². The van der Waals surface area contributed by atoms with Gasteiger partial charge in [-0.3, -0.25) is 9.52 Å². The molecule has 9 nitrogen and oxygen atoms in total. The molecular weight excluding hydrogens is 537 g/mol. The number of aliphatic hydroxyl groups excluding tert-OH is 1. The average molecular weight is 561 g/mol. The topological polar surface area (TPSA) is 139 Å². The molecule has 0 bridgehead atoms. The lowest BCUT2D eigenvalue weighted by Crippen LogP contribution is -2.44. The van der Waals surface area contributed by atoms with Crippen molar-refractivity contribution in [3.63, 3.8) is 0 Å². The van der Waals surface area contributed by atoms with Crippen LogP contribution in [0.4, 0.5) is 18.9 Å². The van der Waals surface area contributed by atoms with Gasteiger partial charge in [0.25, 0.3) is 0 Å². The van der Waals surface area contributed by atoms with Gasteiger partial charge in [-0.15, -0.1) is 0 Å². The summed E-state index contributed by atoms with van der Waals surface area (Å²) in [5, 5.41) is 12.0. The number of carbonyl (C=O) groups is 1. The fourth-order valence-electron chi connectivity index (χ4n) is 2.53. The molecule has 196 valence electrons. The van der Waals surface area contributed by atoms with Gasteiger partial charge in [-0.25, -0.2) is 16.8 Å². The smallest absolute Gasteiger partial charge is 0.471 e. The normalized spacial score (nSPS) is 13.6. The molecule has 0 fully saturated rings. The fourth-order valence-corrected chi connectivity index (χ4v) is 3.09. The number of hydrogen-bond acceptors (Lipinski definition) is 7. The predicted molar refractivity (Wildman–Crippen MR) is 125 cm³/mol. The first-order chi connectivity index (χ1) is 15.9. The van der Waals surface area contributed by atoms with Gasteiger partial charge in [0.2, 0.25) is 19.1 Å². The number of hydrogen-bond donors (Lipinski definition) is 3. The summed E-state index contributed by atoms with van der Waals surface area (Å²) < 4.78 is 87.3. The predicted octanol–water partition coefficient (Wildman–Crippen LogP) is 2.92. The Balaban J connectivity index is 0.00000111. The summed E-state index contributed by atoms with van der Waals surface area (Å²) in [7, 11) is -2.41. The van der Waals surface area contributed by atoms with Crippen LogP contribution in [0, 0.1) is 0 Å². The number of nitrogens with one attached hydrogen (secondary N) is 2. The molecule has 2 aromatic rings. The highest BCUT2D eigenvalue weighted by Gasteiger charge is 2.40. The molecule has 2 aromatic carbocycles. The SMILES string of the molecule is CS(=O)(=O)Cl.C[C@H](NC(=O)C(F)(F)F)[C@H](O)c1ccc(OCc2ccccc2)c(NS(C)(=O)=O)c1. The van der Waals surface area contributed by atoms with E-state index in [9.17, 15) is 39.9 Å². The minimum absolute atomic E-state index is 0.000621. The van der Waals surface area contributed by atoms with Crippen LogP contribution in [0.15, 0.2) is 48.5 Å². The van der Waals surface area contributed by atoms with Crippen LogP contribution in [0.5, 0.6) is 5.75 Å². The van der Waals surface area contributed by atoms with E-state index in [1.165, 1.54) is 25.1 Å². The lowest BCUT2D eigenvalue weighted by Gasteiger charge is -2.22. The largest absolute Gasteiger partial charge is 0.487 e. The molecule has 35 heavy (non-hydrogen) atoms. The van der Waals surface area contributed by atoms with E-state index in [0.717, 1.165) is 18.1 Å². The van der Waals surface area contributed by atoms with E-state index in [0.29, 0.717) is 0 Å². The van der Waals surface area contributed by atoms with Crippen LogP contribution in [-0.4, -0.2) is 52.6 Å². The second-order valence-electron chi connectivity index (χ2n) is 7.29. The molecule has 2 rings (SSSR count). The van der Waals surface area contributed by atoms with Crippen molar-refractivity contribution in [3.8, 4) is 5.75 Å². The molecule has 0 radical (unpaired) electrons. The number of alkyl halides is 3. The zero-order valence-corrected chi connectivity index (χ0v) is 21.1. The van der Waals surface area contributed by atoms with Gasteiger partial charge in [0, 0.05) is 10.7 Å². The quantitative estimate of drug-likeness (QED) is 0.422. The minimum Gasteiger partial charge on any atom is -0.487 e. The average Bonchev–Trinajstić information content (AvgIpc) is 2.70. The fraction of sp³-hybridized carbons (Fsp3) is 0.350. The van der Waals surface area contributed by atoms with E-state index in [1.807, 2.05) is 30.3 Å². The molecule has 0 unspecified atom stereocenters. The van der Waals surface area contributed by atoms with Gasteiger partial charge >= 0.3 is 12.1 Å². The number of amides is 1. The first-order valence-electron chi connectivity index (χ1n) is 9.60. The maximum absolute atomic E-state index is 12.4. The highest BCUT2D eigenvalue weighted by molar-refractivity contribution is 8.13. The zero-order valence-electron chi connectivity index (χ0n) is 18.7. The molecule has 15 heteroatoms. The molecule has 2 atom stereocenters. The van der Waals surface area contributed by atoms with Crippen LogP contribution >= 0.6 is 10.7 Å². The van der Waals surface area contributed by atoms with Gasteiger partial charge in [-0.2, -0.15) is 13.2 Å². The first-order valence-corrected chi connectivity index (χ1v) is 14.2. The number of anilines is 1. The van der Waals surface area contributed by atoms with Crippen LogP contribution in [-0.2, 0) is 30.5 Å². The van der Waals surface area contributed by atoms with Crippen molar-refractivity contribution in [1.29, 1.82) is 0 Å². The Bertz CT molecular complexity index is 1200. The maximum Gasteiger partial charge on any atom is 0.471 e. The van der Waals surface area contributed by atoms with Crippen molar-refractivity contribution < 1.29 is 44.6 Å². The monoisotopic (exact) mass is 560 g/mol. The van der Waals surface area contributed by atoms with Gasteiger partial charge in [0.1, 0.15) is 12.4 Å². The molecule has 0 aromatic heterocycles. The Morgan fingerprint density at radius 2 is 1.63 bits per heavy atom. The van der Waals surface area contributed by atoms with Gasteiger partial charge in [-0.1, -0.05) is 36.4 Å². The summed E-state index contributed by atoms with van der Waals surface area (Å²) in [5.74, 6) is -2.03. The summed E-state index contributed by atoms with van der Waals surface area (Å²) in [6.45, 7) is 1.33. The van der Waals surface area contributed by atoms with E-state index in [-0.39, 0.29) is 23.6 Å². The second kappa shape index (κ2) is 12.4. The van der Waals surface area contributed by atoms with Crippen molar-refractivity contribution >= 4 is 41.4 Å². The highest BCUT2D eigenvalue weighted by atomic mass is 35.7. The van der Waals surface area contributed by atoms with E-state index in [4.69, 9.17) is 4.74 Å². The van der Waals surface area contributed by atoms with Gasteiger partial charge < -0.3 is 15.2 Å². The van der Waals surface area contributed by atoms with Crippen LogP contribution in [0.2, 0.25) is 0 Å².